The van der Waals surface area contributed by atoms with Gasteiger partial charge in [0.1, 0.15) is 5.75 Å². The molecule has 0 bridgehead atoms. The van der Waals surface area contributed by atoms with Crippen LogP contribution >= 0.6 is 11.6 Å². The third-order valence-corrected chi connectivity index (χ3v) is 7.67. The smallest absolute Gasteiger partial charge is 0.255 e. The Hall–Kier alpha value is -2.29. The van der Waals surface area contributed by atoms with Crippen molar-refractivity contribution in [2.75, 3.05) is 52.2 Å². The summed E-state index contributed by atoms with van der Waals surface area (Å²) in [6.45, 7) is 5.39. The highest BCUT2D eigenvalue weighted by Gasteiger charge is 2.27. The van der Waals surface area contributed by atoms with E-state index in [0.717, 1.165) is 77.9 Å². The Bertz CT molecular complexity index is 918. The standard InChI is InChI=1S/C26H37ClN4O4/c1-34-24-16-23(28)22(27)15-21(24)26(33)29-19-8-10-30(11-9-19)17-18-6-12-31(13-7-18)25(32)5-4-20-3-2-14-35-20/h4-5,15-16,18-20H,2-3,6-14,17,28H2,1H3,(H,29,33)/b5-4-. The molecular weight excluding hydrogens is 468 g/mol. The van der Waals surface area contributed by atoms with Crippen LogP contribution < -0.4 is 15.8 Å². The van der Waals surface area contributed by atoms with Crippen molar-refractivity contribution in [3.63, 3.8) is 0 Å². The second kappa shape index (κ2) is 12.1. The lowest BCUT2D eigenvalue weighted by atomic mass is 9.94. The molecule has 2 amide bonds. The largest absolute Gasteiger partial charge is 0.496 e. The number of nitrogens with two attached hydrogens (primary N) is 1. The molecule has 0 radical (unpaired) electrons. The number of benzene rings is 1. The first kappa shape index (κ1) is 25.8. The van der Waals surface area contributed by atoms with Crippen LogP contribution in [-0.2, 0) is 9.53 Å². The molecule has 0 aromatic heterocycles. The summed E-state index contributed by atoms with van der Waals surface area (Å²) in [6.07, 6.45) is 9.69. The Kier molecular flexibility index (Phi) is 8.92. The third kappa shape index (κ3) is 6.90. The number of halogens is 1. The number of amides is 2. The van der Waals surface area contributed by atoms with Gasteiger partial charge in [0.25, 0.3) is 5.91 Å². The summed E-state index contributed by atoms with van der Waals surface area (Å²) < 4.78 is 10.9. The van der Waals surface area contributed by atoms with Gasteiger partial charge in [-0.1, -0.05) is 17.7 Å². The summed E-state index contributed by atoms with van der Waals surface area (Å²) in [6, 6.07) is 3.27. The van der Waals surface area contributed by atoms with Crippen molar-refractivity contribution in [3.8, 4) is 5.75 Å². The van der Waals surface area contributed by atoms with E-state index in [9.17, 15) is 9.59 Å². The summed E-state index contributed by atoms with van der Waals surface area (Å²) in [7, 11) is 1.51. The normalized spacial score (nSPS) is 22.6. The molecule has 0 saturated carbocycles. The average Bonchev–Trinajstić information content (AvgIpc) is 3.39. The fourth-order valence-electron chi connectivity index (χ4n) is 5.19. The summed E-state index contributed by atoms with van der Waals surface area (Å²) >= 11 is 6.11. The molecule has 1 unspecified atom stereocenters. The summed E-state index contributed by atoms with van der Waals surface area (Å²) in [5.74, 6) is 0.949. The molecule has 0 spiro atoms. The number of ether oxygens (including phenoxy) is 2. The molecule has 192 valence electrons. The van der Waals surface area contributed by atoms with E-state index in [1.807, 2.05) is 11.0 Å². The number of methoxy groups -OCH3 is 1. The maximum Gasteiger partial charge on any atom is 0.255 e. The number of rotatable bonds is 7. The van der Waals surface area contributed by atoms with E-state index in [1.165, 1.54) is 7.11 Å². The lowest BCUT2D eigenvalue weighted by Gasteiger charge is -2.37. The van der Waals surface area contributed by atoms with Gasteiger partial charge < -0.3 is 30.3 Å². The zero-order chi connectivity index (χ0) is 24.8. The highest BCUT2D eigenvalue weighted by Crippen LogP contribution is 2.29. The van der Waals surface area contributed by atoms with Crippen LogP contribution in [-0.4, -0.2) is 80.2 Å². The summed E-state index contributed by atoms with van der Waals surface area (Å²) in [4.78, 5) is 29.7. The van der Waals surface area contributed by atoms with Crippen LogP contribution in [0.2, 0.25) is 5.02 Å². The molecule has 3 N–H and O–H groups in total. The van der Waals surface area contributed by atoms with Crippen LogP contribution in [0.1, 0.15) is 48.9 Å². The number of hydrogen-bond acceptors (Lipinski definition) is 6. The van der Waals surface area contributed by atoms with Crippen molar-refractivity contribution in [2.45, 2.75) is 50.7 Å². The van der Waals surface area contributed by atoms with Crippen LogP contribution in [0.15, 0.2) is 24.3 Å². The van der Waals surface area contributed by atoms with Gasteiger partial charge in [0.2, 0.25) is 5.91 Å². The minimum absolute atomic E-state index is 0.106. The van der Waals surface area contributed by atoms with E-state index < -0.39 is 0 Å². The molecule has 8 nitrogen and oxygen atoms in total. The minimum Gasteiger partial charge on any atom is -0.496 e. The highest BCUT2D eigenvalue weighted by molar-refractivity contribution is 6.33. The van der Waals surface area contributed by atoms with Crippen LogP contribution in [0.5, 0.6) is 5.75 Å². The van der Waals surface area contributed by atoms with E-state index in [0.29, 0.717) is 27.9 Å². The molecule has 3 aliphatic rings. The van der Waals surface area contributed by atoms with Gasteiger partial charge in [0.05, 0.1) is 29.5 Å². The molecule has 3 aliphatic heterocycles. The van der Waals surface area contributed by atoms with Gasteiger partial charge in [-0.25, -0.2) is 0 Å². The van der Waals surface area contributed by atoms with Crippen molar-refractivity contribution in [3.05, 3.63) is 34.9 Å². The minimum atomic E-state index is -0.187. The Morgan fingerprint density at radius 3 is 2.57 bits per heavy atom. The fraction of sp³-hybridized carbons (Fsp3) is 0.615. The van der Waals surface area contributed by atoms with Gasteiger partial charge in [-0.3, -0.25) is 9.59 Å². The Balaban J connectivity index is 1.17. The average molecular weight is 505 g/mol. The van der Waals surface area contributed by atoms with Crippen LogP contribution in [0.4, 0.5) is 5.69 Å². The summed E-state index contributed by atoms with van der Waals surface area (Å²) in [5.41, 5.74) is 6.62. The maximum absolute atomic E-state index is 12.8. The number of likely N-dealkylation sites (tertiary alicyclic amines) is 2. The van der Waals surface area contributed by atoms with Crippen LogP contribution in [0.25, 0.3) is 0 Å². The number of nitrogen functional groups attached to an aromatic ring is 1. The number of anilines is 1. The molecule has 1 atom stereocenters. The highest BCUT2D eigenvalue weighted by atomic mass is 35.5. The van der Waals surface area contributed by atoms with Gasteiger partial charge >= 0.3 is 0 Å². The molecule has 4 rings (SSSR count). The molecule has 3 saturated heterocycles. The SMILES string of the molecule is COc1cc(N)c(Cl)cc1C(=O)NC1CCN(CC2CCN(C(=O)/C=C\C3CCCO3)CC2)CC1. The second-order valence-electron chi connectivity index (χ2n) is 9.80. The summed E-state index contributed by atoms with van der Waals surface area (Å²) in [5, 5.41) is 3.47. The van der Waals surface area contributed by atoms with Crippen molar-refractivity contribution < 1.29 is 19.1 Å². The van der Waals surface area contributed by atoms with Gasteiger partial charge in [-0.15, -0.1) is 0 Å². The number of nitrogens with zero attached hydrogens (tertiary/aromatic N) is 2. The zero-order valence-electron chi connectivity index (χ0n) is 20.5. The molecule has 35 heavy (non-hydrogen) atoms. The van der Waals surface area contributed by atoms with Crippen molar-refractivity contribution in [2.24, 2.45) is 5.92 Å². The first-order valence-electron chi connectivity index (χ1n) is 12.7. The number of carbonyl (C=O) groups is 2. The van der Waals surface area contributed by atoms with Crippen molar-refractivity contribution >= 4 is 29.1 Å². The first-order chi connectivity index (χ1) is 16.9. The molecule has 0 aliphatic carbocycles. The lowest BCUT2D eigenvalue weighted by Crippen LogP contribution is -2.47. The topological polar surface area (TPSA) is 97.1 Å². The molecule has 3 heterocycles. The predicted molar refractivity (Wildman–Crippen MR) is 137 cm³/mol. The Labute approximate surface area is 212 Å². The number of carbonyl (C=O) groups excluding carboxylic acids is 2. The van der Waals surface area contributed by atoms with Crippen LogP contribution in [0.3, 0.4) is 0 Å². The monoisotopic (exact) mass is 504 g/mol. The predicted octanol–water partition coefficient (Wildman–Crippen LogP) is 3.10. The molecule has 3 fully saturated rings. The van der Waals surface area contributed by atoms with E-state index in [4.69, 9.17) is 26.8 Å². The molecule has 9 heteroatoms. The van der Waals surface area contributed by atoms with Crippen molar-refractivity contribution in [1.82, 2.24) is 15.1 Å². The van der Waals surface area contributed by atoms with Gasteiger partial charge in [0.15, 0.2) is 0 Å². The number of nitrogens with one attached hydrogen (secondary N) is 1. The van der Waals surface area contributed by atoms with Crippen molar-refractivity contribution in [1.29, 1.82) is 0 Å². The maximum atomic E-state index is 12.8. The lowest BCUT2D eigenvalue weighted by molar-refractivity contribution is -0.127. The molecule has 1 aromatic carbocycles. The Morgan fingerprint density at radius 2 is 1.91 bits per heavy atom. The quantitative estimate of drug-likeness (QED) is 0.437. The fourth-order valence-corrected chi connectivity index (χ4v) is 5.35. The molecule has 1 aromatic rings. The second-order valence-corrected chi connectivity index (χ2v) is 10.2. The van der Waals surface area contributed by atoms with Crippen LogP contribution in [0, 0.1) is 5.92 Å². The van der Waals surface area contributed by atoms with E-state index >= 15 is 0 Å². The number of hydrogen-bond donors (Lipinski definition) is 2. The number of piperidine rings is 2. The van der Waals surface area contributed by atoms with E-state index in [-0.39, 0.29) is 24.0 Å². The zero-order valence-corrected chi connectivity index (χ0v) is 21.3. The van der Waals surface area contributed by atoms with Gasteiger partial charge in [0, 0.05) is 57.5 Å². The van der Waals surface area contributed by atoms with E-state index in [2.05, 4.69) is 10.2 Å². The molecular formula is C26H37ClN4O4. The Morgan fingerprint density at radius 1 is 1.17 bits per heavy atom. The first-order valence-corrected chi connectivity index (χ1v) is 13.1. The third-order valence-electron chi connectivity index (χ3n) is 7.35. The van der Waals surface area contributed by atoms with E-state index in [1.54, 1.807) is 18.2 Å². The van der Waals surface area contributed by atoms with Gasteiger partial charge in [-0.05, 0) is 50.5 Å². The van der Waals surface area contributed by atoms with Gasteiger partial charge in [-0.2, -0.15) is 0 Å².